The van der Waals surface area contributed by atoms with Gasteiger partial charge in [-0.2, -0.15) is 0 Å². The van der Waals surface area contributed by atoms with E-state index in [9.17, 15) is 9.50 Å². The highest BCUT2D eigenvalue weighted by Gasteiger charge is 2.31. The van der Waals surface area contributed by atoms with Crippen LogP contribution < -0.4 is 11.1 Å². The summed E-state index contributed by atoms with van der Waals surface area (Å²) in [6.07, 6.45) is 24.5. The lowest BCUT2D eigenvalue weighted by Gasteiger charge is -2.41. The summed E-state index contributed by atoms with van der Waals surface area (Å²) in [4.78, 5) is 4.59. The predicted molar refractivity (Wildman–Crippen MR) is 161 cm³/mol. The average Bonchev–Trinajstić information content (AvgIpc) is 2.99. The van der Waals surface area contributed by atoms with Crippen LogP contribution in [0.25, 0.3) is 0 Å². The smallest absolute Gasteiger partial charge is 0.129 e. The normalized spacial score (nSPS) is 28.2. The summed E-state index contributed by atoms with van der Waals surface area (Å²) in [6.45, 7) is 8.88. The molecule has 0 aromatic heterocycles. The van der Waals surface area contributed by atoms with Gasteiger partial charge >= 0.3 is 0 Å². The van der Waals surface area contributed by atoms with E-state index in [2.05, 4.69) is 64.2 Å². The van der Waals surface area contributed by atoms with Crippen molar-refractivity contribution in [1.82, 2.24) is 15.1 Å². The standard InChI is InChI=1S/C32H41FN4OS/c1-23(39-22-30(34)26-13-15-28(33)16-14-26)37(31-8-4-6-25-5-2-3-7-29(25)31)21-24-9-11-27(12-10-24)32(38)36-19-17-35-18-20-36/h2-4,6-7,9,11,13,15-16,22,25-26,31-32,35,38H,1,5,8,10,12,14,17-21,34H2/b30-22-. The van der Waals surface area contributed by atoms with Gasteiger partial charge in [0.1, 0.15) is 12.1 Å². The molecule has 0 saturated carbocycles. The number of aliphatic hydroxyl groups excluding tert-OH is 1. The van der Waals surface area contributed by atoms with E-state index in [0.29, 0.717) is 12.3 Å². The van der Waals surface area contributed by atoms with Crippen LogP contribution >= 0.6 is 11.8 Å². The number of nitrogens with two attached hydrogens (primary N) is 1. The maximum atomic E-state index is 13.4. The van der Waals surface area contributed by atoms with Crippen LogP contribution in [-0.4, -0.2) is 59.9 Å². The average molecular weight is 549 g/mol. The van der Waals surface area contributed by atoms with Crippen LogP contribution in [0.3, 0.4) is 0 Å². The zero-order chi connectivity index (χ0) is 27.2. The molecule has 5 rings (SSSR count). The number of aliphatic hydroxyl groups is 1. The Morgan fingerprint density at radius 2 is 2.03 bits per heavy atom. The molecule has 5 nitrogen and oxygen atoms in total. The molecule has 4 unspecified atom stereocenters. The maximum absolute atomic E-state index is 13.4. The van der Waals surface area contributed by atoms with Gasteiger partial charge in [0.15, 0.2) is 0 Å². The first-order valence-electron chi connectivity index (χ1n) is 14.2. The van der Waals surface area contributed by atoms with Gasteiger partial charge in [0.05, 0.1) is 11.1 Å². The summed E-state index contributed by atoms with van der Waals surface area (Å²) in [5.74, 6) is 0.248. The first kappa shape index (κ1) is 28.0. The van der Waals surface area contributed by atoms with Gasteiger partial charge in [-0.05, 0) is 60.8 Å². The third-order valence-corrected chi connectivity index (χ3v) is 9.23. The number of rotatable bonds is 9. The summed E-state index contributed by atoms with van der Waals surface area (Å²) in [7, 11) is 0. The van der Waals surface area contributed by atoms with Gasteiger partial charge in [-0.3, -0.25) is 4.90 Å². The second-order valence-corrected chi connectivity index (χ2v) is 11.8. The molecule has 1 fully saturated rings. The number of allylic oxidation sites excluding steroid dienone is 10. The predicted octanol–water partition coefficient (Wildman–Crippen LogP) is 5.42. The second-order valence-electron chi connectivity index (χ2n) is 10.9. The largest absolute Gasteiger partial charge is 0.401 e. The molecule has 0 aromatic carbocycles. The Bertz CT molecular complexity index is 1170. The van der Waals surface area contributed by atoms with Gasteiger partial charge in [-0.1, -0.05) is 72.5 Å². The fourth-order valence-electron chi connectivity index (χ4n) is 5.96. The van der Waals surface area contributed by atoms with Crippen LogP contribution in [0.15, 0.2) is 106 Å². The molecule has 4 N–H and O–H groups in total. The van der Waals surface area contributed by atoms with Crippen molar-refractivity contribution < 1.29 is 9.50 Å². The zero-order valence-electron chi connectivity index (χ0n) is 22.6. The molecule has 4 aliphatic carbocycles. The third kappa shape index (κ3) is 6.95. The molecule has 1 saturated heterocycles. The molecule has 208 valence electrons. The quantitative estimate of drug-likeness (QED) is 0.334. The van der Waals surface area contributed by atoms with Crippen LogP contribution in [0.4, 0.5) is 4.39 Å². The first-order chi connectivity index (χ1) is 19.0. The Labute approximate surface area is 236 Å². The molecule has 1 aliphatic heterocycles. The minimum Gasteiger partial charge on any atom is -0.401 e. The molecule has 0 bridgehead atoms. The van der Waals surface area contributed by atoms with Crippen LogP contribution in [-0.2, 0) is 0 Å². The van der Waals surface area contributed by atoms with Crippen LogP contribution in [0, 0.1) is 11.8 Å². The van der Waals surface area contributed by atoms with E-state index >= 15 is 0 Å². The number of piperazine rings is 1. The Kier molecular flexibility index (Phi) is 9.45. The van der Waals surface area contributed by atoms with Crippen molar-refractivity contribution in [2.75, 3.05) is 32.7 Å². The van der Waals surface area contributed by atoms with Gasteiger partial charge < -0.3 is 21.1 Å². The highest BCUT2D eigenvalue weighted by molar-refractivity contribution is 8.05. The van der Waals surface area contributed by atoms with Crippen molar-refractivity contribution in [3.63, 3.8) is 0 Å². The summed E-state index contributed by atoms with van der Waals surface area (Å²) in [5.41, 5.74) is 11.0. The molecule has 7 heteroatoms. The number of hydrogen-bond donors (Lipinski definition) is 3. The van der Waals surface area contributed by atoms with Crippen LogP contribution in [0.2, 0.25) is 0 Å². The Hall–Kier alpha value is -2.58. The monoisotopic (exact) mass is 548 g/mol. The van der Waals surface area contributed by atoms with Gasteiger partial charge in [-0.25, -0.2) is 4.39 Å². The number of nitrogens with one attached hydrogen (secondary N) is 1. The molecule has 1 heterocycles. The zero-order valence-corrected chi connectivity index (χ0v) is 23.5. The highest BCUT2D eigenvalue weighted by Crippen LogP contribution is 2.38. The molecule has 39 heavy (non-hydrogen) atoms. The van der Waals surface area contributed by atoms with Crippen LogP contribution in [0.1, 0.15) is 32.1 Å². The molecule has 0 radical (unpaired) electrons. The number of hydrogen-bond acceptors (Lipinski definition) is 6. The molecule has 4 atom stereocenters. The number of nitrogens with zero attached hydrogens (tertiary/aromatic N) is 2. The Balaban J connectivity index is 1.32. The van der Waals surface area contributed by atoms with Gasteiger partial charge in [-0.15, -0.1) is 0 Å². The lowest BCUT2D eigenvalue weighted by Crippen LogP contribution is -2.49. The fourth-order valence-corrected chi connectivity index (χ4v) is 6.73. The second kappa shape index (κ2) is 13.2. The van der Waals surface area contributed by atoms with Gasteiger partial charge in [0, 0.05) is 50.3 Å². The lowest BCUT2D eigenvalue weighted by atomic mass is 9.80. The number of thioether (sulfide) groups is 1. The van der Waals surface area contributed by atoms with E-state index in [1.54, 1.807) is 17.8 Å². The molecule has 0 aromatic rings. The van der Waals surface area contributed by atoms with E-state index < -0.39 is 6.23 Å². The minimum absolute atomic E-state index is 0.0122. The summed E-state index contributed by atoms with van der Waals surface area (Å²) < 4.78 is 13.4. The Morgan fingerprint density at radius 1 is 1.18 bits per heavy atom. The Morgan fingerprint density at radius 3 is 2.77 bits per heavy atom. The number of fused-ring (bicyclic) bond motifs is 1. The summed E-state index contributed by atoms with van der Waals surface area (Å²) in [6, 6.07) is 0.240. The van der Waals surface area contributed by atoms with Crippen molar-refractivity contribution in [2.24, 2.45) is 17.6 Å². The highest BCUT2D eigenvalue weighted by atomic mass is 32.2. The van der Waals surface area contributed by atoms with E-state index in [1.165, 1.54) is 17.2 Å². The number of halogens is 1. The van der Waals surface area contributed by atoms with Gasteiger partial charge in [0.25, 0.3) is 0 Å². The van der Waals surface area contributed by atoms with Crippen molar-refractivity contribution in [2.45, 2.75) is 44.4 Å². The van der Waals surface area contributed by atoms with Crippen molar-refractivity contribution in [3.8, 4) is 0 Å². The fraction of sp³-hybridized carbons (Fsp3) is 0.438. The van der Waals surface area contributed by atoms with E-state index in [1.807, 2.05) is 11.5 Å². The molecular formula is C32H41FN4OS. The van der Waals surface area contributed by atoms with E-state index in [0.717, 1.165) is 74.7 Å². The minimum atomic E-state index is -0.500. The summed E-state index contributed by atoms with van der Waals surface area (Å²) >= 11 is 1.56. The third-order valence-electron chi connectivity index (χ3n) is 8.34. The maximum Gasteiger partial charge on any atom is 0.129 e. The van der Waals surface area contributed by atoms with Crippen molar-refractivity contribution in [1.29, 1.82) is 0 Å². The summed E-state index contributed by atoms with van der Waals surface area (Å²) in [5, 5.41) is 17.2. The van der Waals surface area contributed by atoms with Crippen LogP contribution in [0.5, 0.6) is 0 Å². The lowest BCUT2D eigenvalue weighted by molar-refractivity contribution is 0.0218. The van der Waals surface area contributed by atoms with Gasteiger partial charge in [0.2, 0.25) is 0 Å². The topological polar surface area (TPSA) is 64.8 Å². The molecule has 0 spiro atoms. The van der Waals surface area contributed by atoms with Crippen molar-refractivity contribution >= 4 is 11.8 Å². The van der Waals surface area contributed by atoms with Crippen molar-refractivity contribution in [3.05, 3.63) is 106 Å². The SMILES string of the molecule is C=C(S/C=C(\N)C1C=CC(F)=CC1)N(CC1=CC=C(C(O)N2CCNCC2)CC1)C1CC=CC2CC=CC=C21. The molecule has 5 aliphatic rings. The first-order valence-corrected chi connectivity index (χ1v) is 15.0. The van der Waals surface area contributed by atoms with E-state index in [4.69, 9.17) is 5.73 Å². The molecule has 0 amide bonds. The van der Waals surface area contributed by atoms with E-state index in [-0.39, 0.29) is 17.8 Å². The molecular weight excluding hydrogens is 507 g/mol.